The Kier molecular flexibility index (Phi) is 6.53. The van der Waals surface area contributed by atoms with E-state index in [-0.39, 0.29) is 28.3 Å². The number of esters is 1. The number of hydrogen-bond donors (Lipinski definition) is 1. The first-order valence-corrected chi connectivity index (χ1v) is 10.9. The molecule has 1 aliphatic heterocycles. The van der Waals surface area contributed by atoms with Crippen LogP contribution in [0.3, 0.4) is 0 Å². The summed E-state index contributed by atoms with van der Waals surface area (Å²) in [6.07, 6.45) is 0.606. The standard InChI is InChI=1S/C22H21N3O5S/c1-15(24)20(12-23)21(26)14-30-22(27)17-7-4-8-19(11-17)31(28,29)25-10-9-16-5-2-3-6-18(16)13-25/h2-8,11H,9-10,13-14,24H2,1H3/b20-15-. The SMILES string of the molecule is C/C(N)=C(\C#N)C(=O)COC(=O)c1cccc(S(=O)(=O)N2CCc3ccccc3C2)c1. The average molecular weight is 439 g/mol. The highest BCUT2D eigenvalue weighted by Crippen LogP contribution is 2.25. The molecule has 0 atom stereocenters. The number of rotatable bonds is 6. The van der Waals surface area contributed by atoms with Gasteiger partial charge in [-0.05, 0) is 42.7 Å². The average Bonchev–Trinajstić information content (AvgIpc) is 2.77. The van der Waals surface area contributed by atoms with Crippen molar-refractivity contribution in [3.8, 4) is 6.07 Å². The lowest BCUT2D eigenvalue weighted by Crippen LogP contribution is -2.36. The molecule has 0 amide bonds. The Morgan fingerprint density at radius 3 is 2.55 bits per heavy atom. The van der Waals surface area contributed by atoms with E-state index in [0.29, 0.717) is 13.0 Å². The Labute approximate surface area is 180 Å². The van der Waals surface area contributed by atoms with Crippen LogP contribution < -0.4 is 5.73 Å². The van der Waals surface area contributed by atoms with Crippen molar-refractivity contribution < 1.29 is 22.7 Å². The number of fused-ring (bicyclic) bond motifs is 1. The fraction of sp³-hybridized carbons (Fsp3) is 0.227. The van der Waals surface area contributed by atoms with E-state index in [4.69, 9.17) is 15.7 Å². The first kappa shape index (κ1) is 22.2. The number of nitriles is 1. The molecule has 1 heterocycles. The Morgan fingerprint density at radius 2 is 1.87 bits per heavy atom. The van der Waals surface area contributed by atoms with Gasteiger partial charge in [0.05, 0.1) is 10.5 Å². The summed E-state index contributed by atoms with van der Waals surface area (Å²) < 4.78 is 32.5. The Balaban J connectivity index is 1.75. The van der Waals surface area contributed by atoms with Crippen molar-refractivity contribution in [1.29, 1.82) is 5.26 Å². The maximum atomic E-state index is 13.1. The summed E-state index contributed by atoms with van der Waals surface area (Å²) in [7, 11) is -3.83. The van der Waals surface area contributed by atoms with Gasteiger partial charge in [0.1, 0.15) is 11.6 Å². The maximum Gasteiger partial charge on any atom is 0.338 e. The molecule has 0 saturated heterocycles. The van der Waals surface area contributed by atoms with Gasteiger partial charge in [0.15, 0.2) is 6.61 Å². The second-order valence-electron chi connectivity index (χ2n) is 7.05. The van der Waals surface area contributed by atoms with Crippen LogP contribution in [-0.4, -0.2) is 37.6 Å². The minimum Gasteiger partial charge on any atom is -0.454 e. The molecular weight excluding hydrogens is 418 g/mol. The van der Waals surface area contributed by atoms with Crippen LogP contribution in [-0.2, 0) is 32.5 Å². The molecule has 0 aliphatic carbocycles. The summed E-state index contributed by atoms with van der Waals surface area (Å²) in [4.78, 5) is 24.2. The van der Waals surface area contributed by atoms with Crippen LogP contribution >= 0.6 is 0 Å². The van der Waals surface area contributed by atoms with Crippen LogP contribution in [0.5, 0.6) is 0 Å². The number of nitrogens with two attached hydrogens (primary N) is 1. The van der Waals surface area contributed by atoms with Crippen LogP contribution in [0, 0.1) is 11.3 Å². The summed E-state index contributed by atoms with van der Waals surface area (Å²) in [5, 5.41) is 8.94. The smallest absolute Gasteiger partial charge is 0.338 e. The van der Waals surface area contributed by atoms with Crippen LogP contribution in [0.15, 0.2) is 64.7 Å². The Hall–Kier alpha value is -3.48. The predicted molar refractivity (Wildman–Crippen MR) is 112 cm³/mol. The number of sulfonamides is 1. The number of carbonyl (C=O) groups is 2. The van der Waals surface area contributed by atoms with Crippen molar-refractivity contribution in [2.45, 2.75) is 24.8 Å². The number of ketones is 1. The third-order valence-corrected chi connectivity index (χ3v) is 6.76. The van der Waals surface area contributed by atoms with Crippen LogP contribution in [0.4, 0.5) is 0 Å². The molecule has 160 valence electrons. The molecule has 0 aromatic heterocycles. The summed E-state index contributed by atoms with van der Waals surface area (Å²) in [6, 6.07) is 14.8. The fourth-order valence-corrected chi connectivity index (χ4v) is 4.73. The summed E-state index contributed by atoms with van der Waals surface area (Å²) in [5.41, 5.74) is 7.25. The number of nitrogens with zero attached hydrogens (tertiary/aromatic N) is 2. The van der Waals surface area contributed by atoms with Crippen molar-refractivity contribution in [2.75, 3.05) is 13.2 Å². The van der Waals surface area contributed by atoms with E-state index in [1.54, 1.807) is 6.07 Å². The van der Waals surface area contributed by atoms with Crippen molar-refractivity contribution in [1.82, 2.24) is 4.31 Å². The quantitative estimate of drug-likeness (QED) is 0.413. The van der Waals surface area contributed by atoms with E-state index in [1.807, 2.05) is 24.3 Å². The summed E-state index contributed by atoms with van der Waals surface area (Å²) in [6.45, 7) is 1.31. The van der Waals surface area contributed by atoms with Crippen LogP contribution in [0.1, 0.15) is 28.4 Å². The van der Waals surface area contributed by atoms with Crippen molar-refractivity contribution >= 4 is 21.8 Å². The number of benzene rings is 2. The molecule has 0 spiro atoms. The van der Waals surface area contributed by atoms with Gasteiger partial charge in [-0.1, -0.05) is 30.3 Å². The van der Waals surface area contributed by atoms with Gasteiger partial charge in [-0.2, -0.15) is 9.57 Å². The molecule has 0 saturated carbocycles. The second-order valence-corrected chi connectivity index (χ2v) is 8.99. The lowest BCUT2D eigenvalue weighted by molar-refractivity contribution is -0.118. The third kappa shape index (κ3) is 4.82. The number of Topliss-reactive ketones (excluding diaryl/α,β-unsaturated/α-hetero) is 1. The number of ether oxygens (including phenoxy) is 1. The predicted octanol–water partition coefficient (Wildman–Crippen LogP) is 1.92. The zero-order valence-corrected chi connectivity index (χ0v) is 17.7. The van der Waals surface area contributed by atoms with Gasteiger partial charge >= 0.3 is 5.97 Å². The van der Waals surface area contributed by atoms with Gasteiger partial charge in [-0.15, -0.1) is 0 Å². The molecule has 2 N–H and O–H groups in total. The molecule has 9 heteroatoms. The topological polar surface area (TPSA) is 131 Å². The minimum atomic E-state index is -3.83. The summed E-state index contributed by atoms with van der Waals surface area (Å²) in [5.74, 6) is -1.60. The monoisotopic (exact) mass is 439 g/mol. The lowest BCUT2D eigenvalue weighted by Gasteiger charge is -2.28. The highest BCUT2D eigenvalue weighted by molar-refractivity contribution is 7.89. The zero-order chi connectivity index (χ0) is 22.6. The molecule has 0 bridgehead atoms. The highest BCUT2D eigenvalue weighted by Gasteiger charge is 2.29. The van der Waals surface area contributed by atoms with Gasteiger partial charge in [0.2, 0.25) is 15.8 Å². The van der Waals surface area contributed by atoms with Gasteiger partial charge in [0.25, 0.3) is 0 Å². The largest absolute Gasteiger partial charge is 0.454 e. The molecule has 0 radical (unpaired) electrons. The van der Waals surface area contributed by atoms with E-state index in [2.05, 4.69) is 0 Å². The van der Waals surface area contributed by atoms with E-state index >= 15 is 0 Å². The molecule has 0 fully saturated rings. The zero-order valence-electron chi connectivity index (χ0n) is 16.9. The van der Waals surface area contributed by atoms with E-state index in [0.717, 1.165) is 11.1 Å². The van der Waals surface area contributed by atoms with Crippen LogP contribution in [0.2, 0.25) is 0 Å². The fourth-order valence-electron chi connectivity index (χ4n) is 3.26. The van der Waals surface area contributed by atoms with Gasteiger partial charge in [-0.3, -0.25) is 4.79 Å². The van der Waals surface area contributed by atoms with E-state index in [9.17, 15) is 18.0 Å². The summed E-state index contributed by atoms with van der Waals surface area (Å²) >= 11 is 0. The van der Waals surface area contributed by atoms with Gasteiger partial charge < -0.3 is 10.5 Å². The Morgan fingerprint density at radius 1 is 1.16 bits per heavy atom. The molecule has 0 unspecified atom stereocenters. The molecule has 8 nitrogen and oxygen atoms in total. The molecule has 2 aromatic rings. The maximum absolute atomic E-state index is 13.1. The Bertz CT molecular complexity index is 1210. The molecule has 3 rings (SSSR count). The van der Waals surface area contributed by atoms with E-state index < -0.39 is 28.4 Å². The minimum absolute atomic E-state index is 0.0155. The van der Waals surface area contributed by atoms with Crippen molar-refractivity contribution in [2.24, 2.45) is 5.73 Å². The van der Waals surface area contributed by atoms with Crippen LogP contribution in [0.25, 0.3) is 0 Å². The molecule has 31 heavy (non-hydrogen) atoms. The molecular formula is C22H21N3O5S. The second kappa shape index (κ2) is 9.12. The number of hydrogen-bond acceptors (Lipinski definition) is 7. The van der Waals surface area contributed by atoms with Crippen molar-refractivity contribution in [3.63, 3.8) is 0 Å². The third-order valence-electron chi connectivity index (χ3n) is 4.92. The van der Waals surface area contributed by atoms with Gasteiger partial charge in [-0.25, -0.2) is 13.2 Å². The highest BCUT2D eigenvalue weighted by atomic mass is 32.2. The molecule has 1 aliphatic rings. The number of carbonyl (C=O) groups excluding carboxylic acids is 2. The van der Waals surface area contributed by atoms with Gasteiger partial charge in [0, 0.05) is 18.8 Å². The number of allylic oxidation sites excluding steroid dienone is 1. The first-order valence-electron chi connectivity index (χ1n) is 9.48. The van der Waals surface area contributed by atoms with Crippen molar-refractivity contribution in [3.05, 3.63) is 76.5 Å². The van der Waals surface area contributed by atoms with E-state index in [1.165, 1.54) is 35.5 Å². The lowest BCUT2D eigenvalue weighted by atomic mass is 10.0. The normalized spacial score (nSPS) is 14.7. The molecule has 2 aromatic carbocycles. The first-order chi connectivity index (χ1) is 14.7.